The topological polar surface area (TPSA) is 18.5 Å². The van der Waals surface area contributed by atoms with Crippen LogP contribution >= 0.6 is 0 Å². The number of rotatable bonds is 6. The number of hydrogen-bond donors (Lipinski definition) is 0. The van der Waals surface area contributed by atoms with E-state index in [0.717, 1.165) is 13.2 Å². The lowest BCUT2D eigenvalue weighted by Gasteiger charge is -2.11. The molecule has 0 amide bonds. The van der Waals surface area contributed by atoms with Crippen LogP contribution in [-0.2, 0) is 9.47 Å². The summed E-state index contributed by atoms with van der Waals surface area (Å²) in [5, 5.41) is 0. The van der Waals surface area contributed by atoms with Crippen LogP contribution in [0, 0.1) is 17.6 Å². The molecule has 0 N–H and O–H groups in total. The zero-order chi connectivity index (χ0) is 9.36. The Morgan fingerprint density at radius 3 is 1.62 bits per heavy atom. The zero-order valence-electron chi connectivity index (χ0n) is 8.64. The Hall–Kier alpha value is -0.0800. The fraction of sp³-hybridized carbons (Fsp3) is 0.909. The largest absolute Gasteiger partial charge is 0.347 e. The normalized spacial score (nSPS) is 27.2. The third kappa shape index (κ3) is 2.96. The molecule has 0 saturated heterocycles. The molecule has 0 heterocycles. The second-order valence-corrected chi connectivity index (χ2v) is 5.34. The van der Waals surface area contributed by atoms with Gasteiger partial charge in [-0.3, -0.25) is 0 Å². The van der Waals surface area contributed by atoms with Gasteiger partial charge in [-0.15, -0.1) is 0 Å². The van der Waals surface area contributed by atoms with E-state index in [1.807, 2.05) is 0 Å². The van der Waals surface area contributed by atoms with E-state index in [-0.39, 0.29) is 0 Å². The Labute approximate surface area is 80.6 Å². The van der Waals surface area contributed by atoms with Crippen LogP contribution in [0.2, 0.25) is 0 Å². The monoisotopic (exact) mass is 183 g/mol. The molecule has 2 aliphatic rings. The maximum atomic E-state index is 5.34. The van der Waals surface area contributed by atoms with Crippen LogP contribution in [0.1, 0.15) is 39.5 Å². The Morgan fingerprint density at radius 2 is 1.31 bits per heavy atom. The second-order valence-electron chi connectivity index (χ2n) is 5.34. The van der Waals surface area contributed by atoms with Crippen molar-refractivity contribution in [3.05, 3.63) is 6.79 Å². The summed E-state index contributed by atoms with van der Waals surface area (Å²) in [6.45, 7) is 7.69. The Balaban J connectivity index is 1.45. The van der Waals surface area contributed by atoms with Gasteiger partial charge in [0.1, 0.15) is 0 Å². The smallest absolute Gasteiger partial charge is 0.209 e. The molecule has 2 heteroatoms. The van der Waals surface area contributed by atoms with Crippen molar-refractivity contribution in [1.82, 2.24) is 0 Å². The van der Waals surface area contributed by atoms with E-state index >= 15 is 0 Å². The minimum Gasteiger partial charge on any atom is -0.347 e. The van der Waals surface area contributed by atoms with Gasteiger partial charge in [-0.1, -0.05) is 13.8 Å². The Kier molecular flexibility index (Phi) is 2.37. The predicted molar refractivity (Wildman–Crippen MR) is 50.9 cm³/mol. The molecule has 2 saturated carbocycles. The van der Waals surface area contributed by atoms with Gasteiger partial charge in [-0.05, 0) is 36.5 Å². The van der Waals surface area contributed by atoms with Crippen molar-refractivity contribution in [1.29, 1.82) is 0 Å². The summed E-state index contributed by atoms with van der Waals surface area (Å²) in [5.41, 5.74) is 0.923. The summed E-state index contributed by atoms with van der Waals surface area (Å²) in [6, 6.07) is 0. The fourth-order valence-electron chi connectivity index (χ4n) is 1.23. The average Bonchev–Trinajstić information content (AvgIpc) is 2.95. The van der Waals surface area contributed by atoms with Crippen LogP contribution in [0.25, 0.3) is 0 Å². The lowest BCUT2D eigenvalue weighted by molar-refractivity contribution is -0.00879. The average molecular weight is 183 g/mol. The molecule has 0 unspecified atom stereocenters. The maximum Gasteiger partial charge on any atom is 0.209 e. The van der Waals surface area contributed by atoms with E-state index < -0.39 is 0 Å². The predicted octanol–water partition coefficient (Wildman–Crippen LogP) is 2.74. The summed E-state index contributed by atoms with van der Waals surface area (Å²) in [5.74, 6) is 0. The zero-order valence-corrected chi connectivity index (χ0v) is 8.64. The highest BCUT2D eigenvalue weighted by molar-refractivity contribution is 4.89. The Morgan fingerprint density at radius 1 is 0.923 bits per heavy atom. The van der Waals surface area contributed by atoms with Crippen molar-refractivity contribution in [2.45, 2.75) is 39.5 Å². The highest BCUT2D eigenvalue weighted by atomic mass is 16.7. The molecular formula is C11H19O2. The first-order valence-corrected chi connectivity index (χ1v) is 5.17. The van der Waals surface area contributed by atoms with Gasteiger partial charge in [0.15, 0.2) is 0 Å². The Bertz CT molecular complexity index is 161. The molecule has 2 aliphatic carbocycles. The molecule has 0 aromatic rings. The van der Waals surface area contributed by atoms with Gasteiger partial charge in [0, 0.05) is 0 Å². The highest BCUT2D eigenvalue weighted by Gasteiger charge is 2.38. The summed E-state index contributed by atoms with van der Waals surface area (Å²) < 4.78 is 10.7. The SMILES string of the molecule is CC1(CO[CH]OCC2(C)CC2)CC1. The summed E-state index contributed by atoms with van der Waals surface area (Å²) >= 11 is 0. The van der Waals surface area contributed by atoms with Gasteiger partial charge in [-0.2, -0.15) is 0 Å². The molecule has 2 fully saturated rings. The van der Waals surface area contributed by atoms with Crippen LogP contribution < -0.4 is 0 Å². The van der Waals surface area contributed by atoms with E-state index in [1.165, 1.54) is 32.5 Å². The molecule has 0 aliphatic heterocycles. The molecule has 0 aromatic heterocycles. The molecule has 0 atom stereocenters. The van der Waals surface area contributed by atoms with Gasteiger partial charge in [0.2, 0.25) is 6.79 Å². The lowest BCUT2D eigenvalue weighted by Crippen LogP contribution is -2.09. The number of hydrogen-bond acceptors (Lipinski definition) is 2. The van der Waals surface area contributed by atoms with Crippen LogP contribution in [0.3, 0.4) is 0 Å². The minimum atomic E-state index is 0.462. The van der Waals surface area contributed by atoms with E-state index in [9.17, 15) is 0 Å². The molecule has 2 rings (SSSR count). The standard InChI is InChI=1S/C11H19O2/c1-10(3-4-10)7-12-9-13-8-11(2)5-6-11/h9H,3-8H2,1-2H3. The van der Waals surface area contributed by atoms with Crippen LogP contribution in [0.15, 0.2) is 0 Å². The van der Waals surface area contributed by atoms with Gasteiger partial charge < -0.3 is 9.47 Å². The quantitative estimate of drug-likeness (QED) is 0.589. The van der Waals surface area contributed by atoms with Crippen molar-refractivity contribution in [3.63, 3.8) is 0 Å². The number of ether oxygens (including phenoxy) is 2. The third-order valence-electron chi connectivity index (χ3n) is 3.21. The van der Waals surface area contributed by atoms with Gasteiger partial charge in [0.25, 0.3) is 0 Å². The maximum absolute atomic E-state index is 5.34. The molecule has 13 heavy (non-hydrogen) atoms. The first-order chi connectivity index (χ1) is 6.12. The van der Waals surface area contributed by atoms with Crippen molar-refractivity contribution in [2.75, 3.05) is 13.2 Å². The van der Waals surface area contributed by atoms with Gasteiger partial charge >= 0.3 is 0 Å². The van der Waals surface area contributed by atoms with E-state index in [2.05, 4.69) is 13.8 Å². The summed E-state index contributed by atoms with van der Waals surface area (Å²) in [4.78, 5) is 0. The van der Waals surface area contributed by atoms with E-state index in [4.69, 9.17) is 9.47 Å². The summed E-state index contributed by atoms with van der Waals surface area (Å²) in [7, 11) is 0. The minimum absolute atomic E-state index is 0.462. The van der Waals surface area contributed by atoms with Gasteiger partial charge in [-0.25, -0.2) is 0 Å². The molecular weight excluding hydrogens is 164 g/mol. The van der Waals surface area contributed by atoms with Crippen molar-refractivity contribution in [2.24, 2.45) is 10.8 Å². The van der Waals surface area contributed by atoms with Crippen LogP contribution in [0.4, 0.5) is 0 Å². The summed E-state index contributed by atoms with van der Waals surface area (Å²) in [6.07, 6.45) is 5.22. The first kappa shape index (κ1) is 9.47. The molecule has 0 spiro atoms. The van der Waals surface area contributed by atoms with E-state index in [1.54, 1.807) is 0 Å². The molecule has 0 aromatic carbocycles. The highest BCUT2D eigenvalue weighted by Crippen LogP contribution is 2.46. The second kappa shape index (κ2) is 3.25. The third-order valence-corrected chi connectivity index (χ3v) is 3.21. The van der Waals surface area contributed by atoms with Gasteiger partial charge in [0.05, 0.1) is 13.2 Å². The van der Waals surface area contributed by atoms with Crippen molar-refractivity contribution < 1.29 is 9.47 Å². The molecule has 75 valence electrons. The fourth-order valence-corrected chi connectivity index (χ4v) is 1.23. The van der Waals surface area contributed by atoms with Crippen molar-refractivity contribution in [3.8, 4) is 0 Å². The lowest BCUT2D eigenvalue weighted by atomic mass is 10.2. The molecule has 1 radical (unpaired) electrons. The van der Waals surface area contributed by atoms with Crippen LogP contribution in [0.5, 0.6) is 0 Å². The molecule has 2 nitrogen and oxygen atoms in total. The van der Waals surface area contributed by atoms with Crippen LogP contribution in [-0.4, -0.2) is 13.2 Å². The molecule has 0 bridgehead atoms. The first-order valence-electron chi connectivity index (χ1n) is 5.17. The van der Waals surface area contributed by atoms with E-state index in [0.29, 0.717) is 10.8 Å². The van der Waals surface area contributed by atoms with Crippen molar-refractivity contribution >= 4 is 0 Å².